The van der Waals surface area contributed by atoms with Crippen LogP contribution in [0.2, 0.25) is 0 Å². The van der Waals surface area contributed by atoms with E-state index in [2.05, 4.69) is 30.1 Å². The zero-order valence-corrected chi connectivity index (χ0v) is 24.3. The van der Waals surface area contributed by atoms with Gasteiger partial charge in [0.25, 0.3) is 0 Å². The molecule has 1 atom stereocenters. The summed E-state index contributed by atoms with van der Waals surface area (Å²) in [5, 5.41) is 0. The molecule has 0 saturated carbocycles. The number of H-pyrrole nitrogens is 1. The van der Waals surface area contributed by atoms with E-state index in [0.717, 1.165) is 65.7 Å². The van der Waals surface area contributed by atoms with Gasteiger partial charge in [-0.3, -0.25) is 4.79 Å². The first-order valence-corrected chi connectivity index (χ1v) is 15.5. The lowest BCUT2D eigenvalue weighted by atomic mass is 9.96. The Morgan fingerprint density at radius 3 is 2.41 bits per heavy atom. The van der Waals surface area contributed by atoms with Gasteiger partial charge in [0, 0.05) is 31.6 Å². The van der Waals surface area contributed by atoms with Crippen molar-refractivity contribution < 1.29 is 17.9 Å². The molecule has 3 aromatic rings. The monoisotopic (exact) mass is 552 g/mol. The van der Waals surface area contributed by atoms with Crippen LogP contribution in [-0.2, 0) is 19.6 Å². The summed E-state index contributed by atoms with van der Waals surface area (Å²) in [5.41, 5.74) is 5.83. The first kappa shape index (κ1) is 27.8. The Hall–Kier alpha value is -2.75. The fraction of sp³-hybridized carbons (Fsp3) is 0.533. The van der Waals surface area contributed by atoms with Crippen LogP contribution in [0.25, 0.3) is 11.0 Å². The summed E-state index contributed by atoms with van der Waals surface area (Å²) >= 11 is 0. The minimum atomic E-state index is -3.66. The molecule has 9 heteroatoms. The van der Waals surface area contributed by atoms with E-state index >= 15 is 0 Å². The van der Waals surface area contributed by atoms with Crippen LogP contribution in [0.15, 0.2) is 35.2 Å². The van der Waals surface area contributed by atoms with Crippen molar-refractivity contribution in [3.8, 4) is 0 Å². The van der Waals surface area contributed by atoms with Crippen molar-refractivity contribution in [2.75, 3.05) is 32.8 Å². The number of nitrogens with zero attached hydrogens (tertiary/aromatic N) is 3. The van der Waals surface area contributed by atoms with Crippen molar-refractivity contribution in [2.45, 2.75) is 76.7 Å². The second-order valence-electron chi connectivity index (χ2n) is 11.3. The molecule has 1 unspecified atom stereocenters. The number of nitrogens with one attached hydrogen (secondary N) is 1. The third-order valence-electron chi connectivity index (χ3n) is 8.17. The van der Waals surface area contributed by atoms with Crippen molar-refractivity contribution in [1.29, 1.82) is 0 Å². The van der Waals surface area contributed by atoms with Gasteiger partial charge in [-0.05, 0) is 82.2 Å². The van der Waals surface area contributed by atoms with Gasteiger partial charge in [-0.25, -0.2) is 13.4 Å². The highest BCUT2D eigenvalue weighted by Crippen LogP contribution is 2.31. The van der Waals surface area contributed by atoms with Crippen molar-refractivity contribution in [1.82, 2.24) is 19.2 Å². The van der Waals surface area contributed by atoms with E-state index in [9.17, 15) is 13.2 Å². The van der Waals surface area contributed by atoms with Crippen LogP contribution in [0, 0.1) is 27.7 Å². The highest BCUT2D eigenvalue weighted by molar-refractivity contribution is 7.89. The van der Waals surface area contributed by atoms with Crippen LogP contribution in [-0.4, -0.2) is 72.4 Å². The van der Waals surface area contributed by atoms with E-state index < -0.39 is 10.0 Å². The lowest BCUT2D eigenvalue weighted by Gasteiger charge is -2.35. The predicted molar refractivity (Wildman–Crippen MR) is 152 cm³/mol. The maximum Gasteiger partial charge on any atom is 0.248 e. The number of aryl methyl sites for hydroxylation is 4. The summed E-state index contributed by atoms with van der Waals surface area (Å²) < 4.78 is 34.9. The third-order valence-corrected chi connectivity index (χ3v) is 10.4. The molecule has 1 N–H and O–H groups in total. The minimum Gasteiger partial charge on any atom is -0.370 e. The van der Waals surface area contributed by atoms with E-state index in [-0.39, 0.29) is 25.2 Å². The van der Waals surface area contributed by atoms with Crippen LogP contribution in [0.5, 0.6) is 0 Å². The average molecular weight is 553 g/mol. The summed E-state index contributed by atoms with van der Waals surface area (Å²) in [6.07, 6.45) is 4.23. The molecule has 2 fully saturated rings. The Morgan fingerprint density at radius 1 is 0.974 bits per heavy atom. The Kier molecular flexibility index (Phi) is 8.12. The van der Waals surface area contributed by atoms with Gasteiger partial charge in [-0.2, -0.15) is 4.31 Å². The zero-order valence-electron chi connectivity index (χ0n) is 23.5. The second kappa shape index (κ2) is 11.4. The summed E-state index contributed by atoms with van der Waals surface area (Å²) in [7, 11) is -3.66. The van der Waals surface area contributed by atoms with Crippen molar-refractivity contribution >= 4 is 27.0 Å². The zero-order chi connectivity index (χ0) is 27.7. The van der Waals surface area contributed by atoms with Crippen LogP contribution < -0.4 is 0 Å². The number of carbonyl (C=O) groups excluding carboxylic acids is 1. The predicted octanol–water partition coefficient (Wildman–Crippen LogP) is 4.76. The molecule has 3 heterocycles. The van der Waals surface area contributed by atoms with Crippen LogP contribution in [0.1, 0.15) is 66.1 Å². The molecule has 39 heavy (non-hydrogen) atoms. The smallest absolute Gasteiger partial charge is 0.248 e. The largest absolute Gasteiger partial charge is 0.370 e. The Balaban J connectivity index is 1.15. The van der Waals surface area contributed by atoms with E-state index in [0.29, 0.717) is 30.4 Å². The summed E-state index contributed by atoms with van der Waals surface area (Å²) in [4.78, 5) is 23.4. The molecule has 1 amide bonds. The summed E-state index contributed by atoms with van der Waals surface area (Å²) in [5.74, 6) is 1.26. The topological polar surface area (TPSA) is 95.6 Å². The summed E-state index contributed by atoms with van der Waals surface area (Å²) in [6, 6.07) is 9.82. The number of sulfonamides is 1. The van der Waals surface area contributed by atoms with E-state index in [1.165, 1.54) is 5.56 Å². The van der Waals surface area contributed by atoms with Crippen LogP contribution >= 0.6 is 0 Å². The van der Waals surface area contributed by atoms with Crippen LogP contribution in [0.3, 0.4) is 0 Å². The van der Waals surface area contributed by atoms with Gasteiger partial charge < -0.3 is 14.6 Å². The number of carbonyl (C=O) groups is 1. The average Bonchev–Trinajstić information content (AvgIpc) is 3.31. The van der Waals surface area contributed by atoms with Gasteiger partial charge in [-0.1, -0.05) is 30.2 Å². The molecule has 8 nitrogen and oxygen atoms in total. The number of aromatic amines is 1. The molecular weight excluding hydrogens is 512 g/mol. The van der Waals surface area contributed by atoms with E-state index in [4.69, 9.17) is 9.72 Å². The number of amides is 1. The number of rotatable bonds is 7. The van der Waals surface area contributed by atoms with Gasteiger partial charge in [0.05, 0.1) is 22.5 Å². The van der Waals surface area contributed by atoms with Gasteiger partial charge >= 0.3 is 0 Å². The molecule has 2 aliphatic heterocycles. The maximum atomic E-state index is 13.7. The molecule has 2 aromatic carbocycles. The molecule has 0 bridgehead atoms. The number of hydrogen-bond donors (Lipinski definition) is 1. The number of benzene rings is 2. The Labute approximate surface area is 231 Å². The van der Waals surface area contributed by atoms with Crippen molar-refractivity contribution in [2.24, 2.45) is 0 Å². The molecule has 2 saturated heterocycles. The number of imidazole rings is 1. The SMILES string of the molecule is Cc1cc(C)c(S(=O)(=O)N2CCCCC2COCC(=O)N2CCC(c3nc4cc(C)ccc4[nH]3)CC2)c(C)c1. The normalized spacial score (nSPS) is 19.6. The van der Waals surface area contributed by atoms with E-state index in [1.54, 1.807) is 4.31 Å². The van der Waals surface area contributed by atoms with Crippen molar-refractivity contribution in [3.05, 3.63) is 58.4 Å². The lowest BCUT2D eigenvalue weighted by Crippen LogP contribution is -2.47. The first-order chi connectivity index (χ1) is 18.6. The lowest BCUT2D eigenvalue weighted by molar-refractivity contribution is -0.137. The van der Waals surface area contributed by atoms with Gasteiger partial charge in [0.1, 0.15) is 12.4 Å². The van der Waals surface area contributed by atoms with Crippen molar-refractivity contribution in [3.63, 3.8) is 0 Å². The number of piperidine rings is 2. The standard InChI is InChI=1S/C30H40N4O4S/c1-20-8-9-26-27(17-20)32-30(31-26)24-10-13-33(14-11-24)28(35)19-38-18-25-7-5-6-12-34(25)39(36,37)29-22(3)15-21(2)16-23(29)4/h8-9,15-17,24-25H,5-7,10-14,18-19H2,1-4H3,(H,31,32). The second-order valence-corrected chi connectivity index (χ2v) is 13.1. The first-order valence-electron chi connectivity index (χ1n) is 14.0. The molecule has 0 radical (unpaired) electrons. The Morgan fingerprint density at radius 2 is 1.69 bits per heavy atom. The molecule has 1 aromatic heterocycles. The molecule has 0 spiro atoms. The van der Waals surface area contributed by atoms with Crippen LogP contribution in [0.4, 0.5) is 0 Å². The van der Waals surface area contributed by atoms with E-state index in [1.807, 2.05) is 37.8 Å². The fourth-order valence-electron chi connectivity index (χ4n) is 6.25. The van der Waals surface area contributed by atoms with Gasteiger partial charge in [0.15, 0.2) is 0 Å². The van der Waals surface area contributed by atoms with Gasteiger partial charge in [0.2, 0.25) is 15.9 Å². The highest BCUT2D eigenvalue weighted by Gasteiger charge is 2.35. The molecule has 5 rings (SSSR count). The molecular formula is C30H40N4O4S. The molecule has 210 valence electrons. The number of fused-ring (bicyclic) bond motifs is 1. The molecule has 0 aliphatic carbocycles. The number of likely N-dealkylation sites (tertiary alicyclic amines) is 1. The number of ether oxygens (including phenoxy) is 1. The molecule has 2 aliphatic rings. The third kappa shape index (κ3) is 5.90. The van der Waals surface area contributed by atoms with Gasteiger partial charge in [-0.15, -0.1) is 0 Å². The maximum absolute atomic E-state index is 13.7. The minimum absolute atomic E-state index is 0.0262. The number of hydrogen-bond acceptors (Lipinski definition) is 5. The Bertz CT molecular complexity index is 1430. The number of aromatic nitrogens is 2. The summed E-state index contributed by atoms with van der Waals surface area (Å²) in [6.45, 7) is 9.78. The highest BCUT2D eigenvalue weighted by atomic mass is 32.2. The fourth-order valence-corrected chi connectivity index (χ4v) is 8.35. The quantitative estimate of drug-likeness (QED) is 0.456.